The van der Waals surface area contributed by atoms with Crippen molar-refractivity contribution >= 4 is 5.87 Å². The van der Waals surface area contributed by atoms with E-state index in [1.807, 2.05) is 0 Å². The lowest BCUT2D eigenvalue weighted by Crippen LogP contribution is -2.17. The Hall–Kier alpha value is -0.950. The van der Waals surface area contributed by atoms with Crippen LogP contribution in [0, 0.1) is 0 Å². The van der Waals surface area contributed by atoms with E-state index in [-0.39, 0.29) is 0 Å². The summed E-state index contributed by atoms with van der Waals surface area (Å²) in [7, 11) is 0. The van der Waals surface area contributed by atoms with Gasteiger partial charge in [0.25, 0.3) is 0 Å². The molecule has 0 saturated heterocycles. The zero-order chi connectivity index (χ0) is 4.95. The Morgan fingerprint density at radius 3 is 3.57 bits per heavy atom. The van der Waals surface area contributed by atoms with Crippen LogP contribution in [-0.4, -0.2) is 19.0 Å². The van der Waals surface area contributed by atoms with Gasteiger partial charge in [0.1, 0.15) is 0 Å². The van der Waals surface area contributed by atoms with Crippen molar-refractivity contribution in [3.8, 4) is 0 Å². The molecule has 0 atom stereocenters. The molecule has 2 N–H and O–H groups in total. The summed E-state index contributed by atoms with van der Waals surface area (Å²) < 4.78 is 0. The number of hydrogen-bond acceptors (Lipinski definition) is 3. The lowest BCUT2D eigenvalue weighted by atomic mass is 10.6. The van der Waals surface area contributed by atoms with E-state index in [9.17, 15) is 0 Å². The van der Waals surface area contributed by atoms with Crippen LogP contribution in [0.25, 0.3) is 0 Å². The van der Waals surface area contributed by atoms with Gasteiger partial charge >= 0.3 is 0 Å². The molecule has 0 unspecified atom stereocenters. The maximum Gasteiger partial charge on any atom is 0.0615 e. The van der Waals surface area contributed by atoms with E-state index in [0.717, 1.165) is 13.1 Å². The maximum absolute atomic E-state index is 3.65. The minimum atomic E-state index is 0.878. The number of nitrogens with one attached hydrogen (secondary N) is 2. The van der Waals surface area contributed by atoms with Crippen molar-refractivity contribution < 1.29 is 0 Å². The fraction of sp³-hybridized carbons (Fsp3) is 0.500. The van der Waals surface area contributed by atoms with Crippen LogP contribution in [0.2, 0.25) is 0 Å². The topological polar surface area (TPSA) is 36.4 Å². The third-order valence-corrected chi connectivity index (χ3v) is 0.691. The molecule has 0 aromatic carbocycles. The summed E-state index contributed by atoms with van der Waals surface area (Å²) in [6.07, 6.45) is 1.69. The molecule has 0 fully saturated rings. The van der Waals surface area contributed by atoms with Crippen molar-refractivity contribution in [1.82, 2.24) is 10.7 Å². The van der Waals surface area contributed by atoms with Crippen LogP contribution in [0.4, 0.5) is 0 Å². The van der Waals surface area contributed by atoms with E-state index in [2.05, 4.69) is 21.7 Å². The van der Waals surface area contributed by atoms with Gasteiger partial charge in [-0.1, -0.05) is 0 Å². The summed E-state index contributed by atoms with van der Waals surface area (Å²) in [4.78, 5) is 0. The molecule has 1 aliphatic rings. The SMILES string of the molecule is C1=CNCCNN=1. The van der Waals surface area contributed by atoms with Gasteiger partial charge in [0.2, 0.25) is 0 Å². The molecule has 1 aliphatic heterocycles. The van der Waals surface area contributed by atoms with Crippen LogP contribution in [0.3, 0.4) is 0 Å². The normalized spacial score (nSPS) is 17.1. The molecule has 1 heterocycles. The smallest absolute Gasteiger partial charge is 0.0615 e. The summed E-state index contributed by atoms with van der Waals surface area (Å²) >= 11 is 0. The van der Waals surface area contributed by atoms with Crippen LogP contribution < -0.4 is 10.7 Å². The fourth-order valence-corrected chi connectivity index (χ4v) is 0.380. The Balaban J connectivity index is 2.40. The summed E-state index contributed by atoms with van der Waals surface area (Å²) in [5, 5.41) is 6.61. The zero-order valence-electron chi connectivity index (χ0n) is 3.94. The lowest BCUT2D eigenvalue weighted by Gasteiger charge is -1.92. The van der Waals surface area contributed by atoms with E-state index in [4.69, 9.17) is 0 Å². The minimum Gasteiger partial charge on any atom is -0.382 e. The van der Waals surface area contributed by atoms with Gasteiger partial charge in [0.05, 0.1) is 12.7 Å². The predicted octanol–water partition coefficient (Wildman–Crippen LogP) is -0.722. The van der Waals surface area contributed by atoms with Crippen molar-refractivity contribution in [1.29, 1.82) is 0 Å². The second-order valence-electron chi connectivity index (χ2n) is 1.25. The molecule has 0 radical (unpaired) electrons. The van der Waals surface area contributed by atoms with Gasteiger partial charge in [0.15, 0.2) is 0 Å². The lowest BCUT2D eigenvalue weighted by molar-refractivity contribution is 0.713. The maximum atomic E-state index is 3.65. The van der Waals surface area contributed by atoms with Crippen molar-refractivity contribution in [2.75, 3.05) is 13.1 Å². The summed E-state index contributed by atoms with van der Waals surface area (Å²) in [5.74, 6) is 2.62. The van der Waals surface area contributed by atoms with E-state index >= 15 is 0 Å². The zero-order valence-corrected chi connectivity index (χ0v) is 3.94. The third kappa shape index (κ3) is 1.28. The second-order valence-corrected chi connectivity index (χ2v) is 1.25. The molecule has 0 saturated carbocycles. The standard InChI is InChI=1S/C4H7N3/c1-3-6-7-4-2-5-1/h1,5,7H,2,4H2. The van der Waals surface area contributed by atoms with Crippen molar-refractivity contribution in [2.45, 2.75) is 0 Å². The van der Waals surface area contributed by atoms with Gasteiger partial charge in [-0.3, -0.25) is 0 Å². The first kappa shape index (κ1) is 4.22. The molecule has 0 aromatic rings. The Kier molecular flexibility index (Phi) is 1.36. The van der Waals surface area contributed by atoms with Gasteiger partial charge < -0.3 is 10.7 Å². The van der Waals surface area contributed by atoms with Gasteiger partial charge in [-0.25, -0.2) is 0 Å². The predicted molar refractivity (Wildman–Crippen MR) is 28.0 cm³/mol. The first-order chi connectivity index (χ1) is 3.50. The van der Waals surface area contributed by atoms with Crippen LogP contribution in [0.15, 0.2) is 11.3 Å². The van der Waals surface area contributed by atoms with Gasteiger partial charge in [-0.2, -0.15) is 0 Å². The van der Waals surface area contributed by atoms with Gasteiger partial charge in [-0.05, 0) is 0 Å². The molecule has 0 aromatic heterocycles. The Morgan fingerprint density at radius 2 is 2.57 bits per heavy atom. The van der Waals surface area contributed by atoms with E-state index in [1.165, 1.54) is 0 Å². The molecule has 38 valence electrons. The molecule has 7 heavy (non-hydrogen) atoms. The van der Waals surface area contributed by atoms with E-state index in [0.29, 0.717) is 0 Å². The van der Waals surface area contributed by atoms with Crippen LogP contribution in [0.1, 0.15) is 0 Å². The van der Waals surface area contributed by atoms with Crippen LogP contribution >= 0.6 is 0 Å². The van der Waals surface area contributed by atoms with Crippen molar-refractivity contribution in [3.05, 3.63) is 6.20 Å². The van der Waals surface area contributed by atoms with Crippen LogP contribution in [-0.2, 0) is 0 Å². The highest BCUT2D eigenvalue weighted by Gasteiger charge is 1.79. The highest BCUT2D eigenvalue weighted by atomic mass is 15.3. The average molecular weight is 97.1 g/mol. The second kappa shape index (κ2) is 2.26. The van der Waals surface area contributed by atoms with Gasteiger partial charge in [0, 0.05) is 12.4 Å². The molecule has 0 spiro atoms. The first-order valence-corrected chi connectivity index (χ1v) is 2.23. The number of hydrazone groups is 1. The molecular formula is C4H7N3. The Morgan fingerprint density at radius 1 is 1.57 bits per heavy atom. The molecule has 0 aliphatic carbocycles. The van der Waals surface area contributed by atoms with Crippen molar-refractivity contribution in [3.63, 3.8) is 0 Å². The quantitative estimate of drug-likeness (QED) is 0.418. The highest BCUT2D eigenvalue weighted by molar-refractivity contribution is 5.50. The minimum absolute atomic E-state index is 0.878. The van der Waals surface area contributed by atoms with E-state index < -0.39 is 0 Å². The van der Waals surface area contributed by atoms with Gasteiger partial charge in [-0.15, -0.1) is 5.10 Å². The number of rotatable bonds is 0. The monoisotopic (exact) mass is 97.1 g/mol. The first-order valence-electron chi connectivity index (χ1n) is 2.23. The molecule has 3 nitrogen and oxygen atoms in total. The largest absolute Gasteiger partial charge is 0.382 e. The summed E-state index contributed by atoms with van der Waals surface area (Å²) in [6, 6.07) is 0. The number of nitrogens with zero attached hydrogens (tertiary/aromatic N) is 1. The van der Waals surface area contributed by atoms with Crippen LogP contribution in [0.5, 0.6) is 0 Å². The fourth-order valence-electron chi connectivity index (χ4n) is 0.380. The Bertz CT molecular complexity index is 91.5. The van der Waals surface area contributed by atoms with E-state index in [1.54, 1.807) is 6.20 Å². The number of hydrogen-bond donors (Lipinski definition) is 2. The average Bonchev–Trinajstić information content (AvgIpc) is 1.90. The van der Waals surface area contributed by atoms with Crippen molar-refractivity contribution in [2.24, 2.45) is 5.10 Å². The molecule has 0 bridgehead atoms. The summed E-state index contributed by atoms with van der Waals surface area (Å²) in [6.45, 7) is 1.81. The molecular weight excluding hydrogens is 90.1 g/mol. The summed E-state index contributed by atoms with van der Waals surface area (Å²) in [5.41, 5.74) is 2.77. The molecule has 1 rings (SSSR count). The molecule has 3 heteroatoms. The Labute approximate surface area is 42.1 Å². The third-order valence-electron chi connectivity index (χ3n) is 0.691. The molecule has 0 amide bonds. The highest BCUT2D eigenvalue weighted by Crippen LogP contribution is 1.62.